The number of methoxy groups -OCH3 is 8. The summed E-state index contributed by atoms with van der Waals surface area (Å²) < 4.78 is 91.6. The van der Waals surface area contributed by atoms with Gasteiger partial charge in [-0.3, -0.25) is 4.79 Å². The number of phenolic OH excluding ortho intramolecular Hbond substituents is 2. The Balaban J connectivity index is -0.000000133. The highest BCUT2D eigenvalue weighted by molar-refractivity contribution is 5.93. The van der Waals surface area contributed by atoms with Gasteiger partial charge >= 0.3 is 11.9 Å². The van der Waals surface area contributed by atoms with Crippen molar-refractivity contribution >= 4 is 18.2 Å². The number of aliphatic hydroxyl groups excluding tert-OH is 1. The molecule has 0 fully saturated rings. The number of phenols is 2. The molecular formula is C47H74F4O14. The van der Waals surface area contributed by atoms with Gasteiger partial charge in [0.05, 0.1) is 74.6 Å². The zero-order valence-corrected chi connectivity index (χ0v) is 33.9. The molecule has 0 aromatic heterocycles. The van der Waals surface area contributed by atoms with Crippen molar-refractivity contribution in [3.05, 3.63) is 92.0 Å². The molecule has 4 rings (SSSR count). The maximum absolute atomic E-state index is 13.6. The van der Waals surface area contributed by atoms with Crippen molar-refractivity contribution in [1.82, 2.24) is 0 Å². The Labute approximate surface area is 383 Å². The number of hydrogen-bond acceptors (Lipinski definition) is 14. The van der Waals surface area contributed by atoms with Gasteiger partial charge < -0.3 is 53.2 Å². The van der Waals surface area contributed by atoms with Crippen LogP contribution in [0.5, 0.6) is 46.0 Å². The number of aromatic hydroxyl groups is 2. The van der Waals surface area contributed by atoms with Crippen LogP contribution in [0.25, 0.3) is 0 Å². The van der Waals surface area contributed by atoms with E-state index in [-0.39, 0.29) is 110 Å². The van der Waals surface area contributed by atoms with Crippen molar-refractivity contribution in [2.75, 3.05) is 56.9 Å². The summed E-state index contributed by atoms with van der Waals surface area (Å²) >= 11 is 0. The lowest BCUT2D eigenvalue weighted by Gasteiger charge is -2.13. The number of carbonyl (C=O) groups is 3. The normalized spacial score (nSPS) is 8.82. The third-order valence-corrected chi connectivity index (χ3v) is 8.28. The zero-order chi connectivity index (χ0) is 44.6. The van der Waals surface area contributed by atoms with Gasteiger partial charge in [-0.1, -0.05) is 52.0 Å². The predicted octanol–water partition coefficient (Wildman–Crippen LogP) is 11.3. The number of rotatable bonds is 10. The fraction of sp³-hybridized carbons (Fsp3) is 0.426. The molecular weight excluding hydrogens is 864 g/mol. The molecule has 0 amide bonds. The topological polar surface area (TPSA) is 186 Å². The number of carbonyl (C=O) groups excluding carboxylic acids is 3. The molecule has 4 aromatic rings. The summed E-state index contributed by atoms with van der Waals surface area (Å²) in [5.74, 6) is -4.89. The number of ether oxygens (including phenoxy) is 8. The fourth-order valence-electron chi connectivity index (χ4n) is 5.13. The highest BCUT2D eigenvalue weighted by atomic mass is 19.1. The SMILES string of the molecule is C.C.C.C.C.C.C.COC(=O)c1cc(F)c(O)c(O)c1C.COC(=O)c1cc(F)c(OC)c(OC)c1C.COc1c(F)cc(C=O)c(C)c1OC.COc1c(F)cc(CO)c(C)c1OC. The summed E-state index contributed by atoms with van der Waals surface area (Å²) in [6.45, 7) is 6.20. The lowest BCUT2D eigenvalue weighted by molar-refractivity contribution is 0.0590. The molecule has 65 heavy (non-hydrogen) atoms. The minimum atomic E-state index is -1.06. The minimum Gasteiger partial charge on any atom is -0.504 e. The van der Waals surface area contributed by atoms with Gasteiger partial charge in [0.2, 0.25) is 0 Å². The molecule has 0 aliphatic rings. The molecule has 3 N–H and O–H groups in total. The average Bonchev–Trinajstić information content (AvgIpc) is 3.22. The third-order valence-electron chi connectivity index (χ3n) is 8.28. The van der Waals surface area contributed by atoms with Crippen molar-refractivity contribution in [2.24, 2.45) is 0 Å². The first kappa shape index (κ1) is 73.0. The van der Waals surface area contributed by atoms with Gasteiger partial charge in [0.25, 0.3) is 0 Å². The minimum absolute atomic E-state index is 0. The van der Waals surface area contributed by atoms with E-state index in [1.807, 2.05) is 0 Å². The van der Waals surface area contributed by atoms with Gasteiger partial charge in [-0.15, -0.1) is 0 Å². The summed E-state index contributed by atoms with van der Waals surface area (Å²) in [5, 5.41) is 27.2. The molecule has 0 spiro atoms. The van der Waals surface area contributed by atoms with Crippen LogP contribution in [0, 0.1) is 51.0 Å². The van der Waals surface area contributed by atoms with E-state index in [1.165, 1.54) is 62.8 Å². The van der Waals surface area contributed by atoms with Crippen molar-refractivity contribution in [1.29, 1.82) is 0 Å². The van der Waals surface area contributed by atoms with Crippen molar-refractivity contribution < 1.29 is 85.2 Å². The highest BCUT2D eigenvalue weighted by Gasteiger charge is 2.22. The van der Waals surface area contributed by atoms with E-state index in [0.29, 0.717) is 34.3 Å². The summed E-state index contributed by atoms with van der Waals surface area (Å²) in [6, 6.07) is 4.26. The number of esters is 2. The zero-order valence-electron chi connectivity index (χ0n) is 33.9. The molecule has 14 nitrogen and oxygen atoms in total. The summed E-state index contributed by atoms with van der Waals surface area (Å²) in [6.07, 6.45) is 0.584. The Morgan fingerprint density at radius 2 is 0.800 bits per heavy atom. The number of halogens is 4. The molecule has 0 heterocycles. The van der Waals surface area contributed by atoms with Crippen LogP contribution in [-0.2, 0) is 16.1 Å². The lowest BCUT2D eigenvalue weighted by Crippen LogP contribution is -2.07. The summed E-state index contributed by atoms with van der Waals surface area (Å²) in [4.78, 5) is 33.0. The molecule has 0 saturated carbocycles. The van der Waals surface area contributed by atoms with Crippen molar-refractivity contribution in [3.63, 3.8) is 0 Å². The van der Waals surface area contributed by atoms with E-state index < -0.39 is 46.7 Å². The predicted molar refractivity (Wildman–Crippen MR) is 248 cm³/mol. The van der Waals surface area contributed by atoms with Crippen molar-refractivity contribution in [3.8, 4) is 46.0 Å². The van der Waals surface area contributed by atoms with E-state index in [9.17, 15) is 37.1 Å². The molecule has 4 aromatic carbocycles. The second-order valence-corrected chi connectivity index (χ2v) is 11.4. The van der Waals surface area contributed by atoms with Gasteiger partial charge in [0.15, 0.2) is 75.6 Å². The standard InChI is InChI=1S/C11H13FO4.C10H13FO3.C10H11FO3.C9H9FO4.7CH4/c1-6-7(11(13)16-4)5-8(12)10(15-3)9(6)14-2;2*1-6-7(5-12)4-8(11)10(14-3)9(6)13-2;1-4-5(9(13)14-2)3-6(10)8(12)7(4)11;;;;;;;/h5H,1-4H3;4,12H,5H2,1-3H3;4-5H,1-3H3;3,11-12H,1-2H3;7*1H4. The van der Waals surface area contributed by atoms with Gasteiger partial charge in [0, 0.05) is 27.8 Å². The Kier molecular flexibility index (Phi) is 38.2. The fourth-order valence-corrected chi connectivity index (χ4v) is 5.13. The molecule has 0 atom stereocenters. The smallest absolute Gasteiger partial charge is 0.338 e. The first-order chi connectivity index (χ1) is 27.3. The second-order valence-electron chi connectivity index (χ2n) is 11.4. The largest absolute Gasteiger partial charge is 0.504 e. The second kappa shape index (κ2) is 34.0. The van der Waals surface area contributed by atoms with Crippen LogP contribution in [0.2, 0.25) is 0 Å². The molecule has 0 saturated heterocycles. The Morgan fingerprint density at radius 3 is 1.15 bits per heavy atom. The third kappa shape index (κ3) is 17.2. The van der Waals surface area contributed by atoms with Crippen LogP contribution in [-0.4, -0.2) is 90.4 Å². The first-order valence-electron chi connectivity index (χ1n) is 16.5. The maximum atomic E-state index is 13.6. The number of aliphatic hydroxyl groups is 1. The quantitative estimate of drug-likeness (QED) is 0.0590. The lowest BCUT2D eigenvalue weighted by atomic mass is 10.1. The molecule has 0 bridgehead atoms. The molecule has 0 aliphatic heterocycles. The van der Waals surface area contributed by atoms with Crippen LogP contribution in [0.1, 0.15) is 111 Å². The molecule has 0 unspecified atom stereocenters. The van der Waals surface area contributed by atoms with Gasteiger partial charge in [-0.05, 0) is 57.5 Å². The number of benzene rings is 4. The van der Waals surface area contributed by atoms with E-state index in [4.69, 9.17) is 38.6 Å². The molecule has 0 aliphatic carbocycles. The van der Waals surface area contributed by atoms with E-state index >= 15 is 0 Å². The summed E-state index contributed by atoms with van der Waals surface area (Å²) in [7, 11) is 10.6. The highest BCUT2D eigenvalue weighted by Crippen LogP contribution is 2.38. The van der Waals surface area contributed by atoms with Crippen LogP contribution in [0.4, 0.5) is 17.6 Å². The van der Waals surface area contributed by atoms with E-state index in [1.54, 1.807) is 20.8 Å². The Bertz CT molecular complexity index is 2090. The van der Waals surface area contributed by atoms with Crippen LogP contribution in [0.15, 0.2) is 24.3 Å². The Morgan fingerprint density at radius 1 is 0.477 bits per heavy atom. The Hall–Kier alpha value is -6.43. The molecule has 374 valence electrons. The molecule has 18 heteroatoms. The summed E-state index contributed by atoms with van der Waals surface area (Å²) in [5.41, 5.74) is 2.59. The van der Waals surface area contributed by atoms with Gasteiger partial charge in [-0.25, -0.2) is 27.2 Å². The first-order valence-corrected chi connectivity index (χ1v) is 16.5. The van der Waals surface area contributed by atoms with E-state index in [2.05, 4.69) is 9.47 Å². The van der Waals surface area contributed by atoms with Crippen LogP contribution in [0.3, 0.4) is 0 Å². The van der Waals surface area contributed by atoms with Gasteiger partial charge in [-0.2, -0.15) is 0 Å². The van der Waals surface area contributed by atoms with Crippen molar-refractivity contribution in [2.45, 2.75) is 86.3 Å². The van der Waals surface area contributed by atoms with Crippen LogP contribution < -0.4 is 28.4 Å². The van der Waals surface area contributed by atoms with E-state index in [0.717, 1.165) is 25.3 Å². The number of aldehydes is 1. The van der Waals surface area contributed by atoms with Crippen LogP contribution >= 0.6 is 0 Å². The average molecular weight is 939 g/mol. The molecule has 0 radical (unpaired) electrons. The number of hydrogen-bond donors (Lipinski definition) is 3. The monoisotopic (exact) mass is 939 g/mol. The van der Waals surface area contributed by atoms with Gasteiger partial charge in [0.1, 0.15) is 0 Å². The maximum Gasteiger partial charge on any atom is 0.338 e.